The summed E-state index contributed by atoms with van der Waals surface area (Å²) in [6, 6.07) is 4.19. The fourth-order valence-electron chi connectivity index (χ4n) is 7.27. The highest BCUT2D eigenvalue weighted by atomic mass is 35.5. The number of hydrogen-bond donors (Lipinski definition) is 0. The molecule has 2 fully saturated rings. The van der Waals surface area contributed by atoms with E-state index in [1.807, 2.05) is 6.07 Å². The van der Waals surface area contributed by atoms with Gasteiger partial charge in [0.05, 0.1) is 5.02 Å². The van der Waals surface area contributed by atoms with Gasteiger partial charge >= 0.3 is 0 Å². The molecule has 2 saturated carbocycles. The number of benzene rings is 1. The number of allylic oxidation sites excluding steroid dienone is 2. The summed E-state index contributed by atoms with van der Waals surface area (Å²) in [4.78, 5) is 0. The van der Waals surface area contributed by atoms with Crippen LogP contribution in [0.4, 0.5) is 4.39 Å². The lowest BCUT2D eigenvalue weighted by atomic mass is 9.68. The van der Waals surface area contributed by atoms with Crippen LogP contribution in [-0.2, 0) is 0 Å². The highest BCUT2D eigenvalue weighted by Gasteiger charge is 2.32. The lowest BCUT2D eigenvalue weighted by Gasteiger charge is -2.38. The van der Waals surface area contributed by atoms with Crippen LogP contribution in [0.15, 0.2) is 18.2 Å². The smallest absolute Gasteiger partial charge is 0.149 e. The molecule has 1 aromatic rings. The zero-order valence-electron chi connectivity index (χ0n) is 21.2. The van der Waals surface area contributed by atoms with Crippen LogP contribution in [0.5, 0.6) is 0 Å². The lowest BCUT2D eigenvalue weighted by molar-refractivity contribution is 0.156. The third-order valence-electron chi connectivity index (χ3n) is 9.41. The van der Waals surface area contributed by atoms with Crippen molar-refractivity contribution < 1.29 is 4.39 Å². The van der Waals surface area contributed by atoms with E-state index in [4.69, 9.17) is 11.6 Å². The molecule has 0 aromatic heterocycles. The third-order valence-corrected chi connectivity index (χ3v) is 9.79. The van der Waals surface area contributed by atoms with Crippen LogP contribution in [0.3, 0.4) is 0 Å². The van der Waals surface area contributed by atoms with Gasteiger partial charge in [-0.3, -0.25) is 0 Å². The Bertz CT molecular complexity index is 780. The Balaban J connectivity index is 1.32. The largest absolute Gasteiger partial charge is 0.205 e. The second-order valence-corrected chi connectivity index (χ2v) is 11.9. The van der Waals surface area contributed by atoms with Crippen molar-refractivity contribution in [2.75, 3.05) is 0 Å². The van der Waals surface area contributed by atoms with E-state index in [-0.39, 0.29) is 5.82 Å². The molecule has 0 heterocycles. The van der Waals surface area contributed by atoms with Gasteiger partial charge in [-0.25, -0.2) is 4.39 Å². The van der Waals surface area contributed by atoms with Gasteiger partial charge < -0.3 is 0 Å². The van der Waals surface area contributed by atoms with Crippen molar-refractivity contribution in [3.05, 3.63) is 40.2 Å². The summed E-state index contributed by atoms with van der Waals surface area (Å²) in [5.74, 6) is 3.87. The van der Waals surface area contributed by atoms with Crippen LogP contribution in [0.25, 0.3) is 5.57 Å². The van der Waals surface area contributed by atoms with Crippen molar-refractivity contribution in [3.8, 4) is 0 Å². The van der Waals surface area contributed by atoms with Crippen molar-refractivity contribution in [2.24, 2.45) is 23.7 Å². The third kappa shape index (κ3) is 6.25. The molecule has 0 radical (unpaired) electrons. The monoisotopic (exact) mass is 472 g/mol. The van der Waals surface area contributed by atoms with E-state index in [1.165, 1.54) is 95.5 Å². The zero-order valence-corrected chi connectivity index (χ0v) is 21.9. The van der Waals surface area contributed by atoms with Crippen molar-refractivity contribution in [2.45, 2.75) is 122 Å². The Labute approximate surface area is 207 Å². The molecule has 3 aliphatic carbocycles. The van der Waals surface area contributed by atoms with Gasteiger partial charge in [-0.05, 0) is 98.5 Å². The topological polar surface area (TPSA) is 0 Å². The first kappa shape index (κ1) is 25.3. The van der Waals surface area contributed by atoms with Crippen LogP contribution in [0.1, 0.15) is 134 Å². The molecule has 1 unspecified atom stereocenters. The van der Waals surface area contributed by atoms with E-state index in [9.17, 15) is 0 Å². The van der Waals surface area contributed by atoms with Gasteiger partial charge in [0.1, 0.15) is 5.82 Å². The van der Waals surface area contributed by atoms with Gasteiger partial charge in [0.25, 0.3) is 0 Å². The molecule has 2 heteroatoms. The average molecular weight is 473 g/mol. The first-order valence-corrected chi connectivity index (χ1v) is 14.7. The van der Waals surface area contributed by atoms with E-state index in [0.29, 0.717) is 10.9 Å². The van der Waals surface area contributed by atoms with Gasteiger partial charge in [-0.15, -0.1) is 0 Å². The molecule has 33 heavy (non-hydrogen) atoms. The van der Waals surface area contributed by atoms with Crippen molar-refractivity contribution in [3.63, 3.8) is 0 Å². The van der Waals surface area contributed by atoms with E-state index in [1.54, 1.807) is 0 Å². The highest BCUT2D eigenvalue weighted by molar-refractivity contribution is 6.31. The maximum Gasteiger partial charge on any atom is 0.149 e. The molecule has 0 saturated heterocycles. The average Bonchev–Trinajstić information content (AvgIpc) is 2.86. The zero-order chi connectivity index (χ0) is 23.2. The second kappa shape index (κ2) is 12.2. The Morgan fingerprint density at radius 2 is 1.52 bits per heavy atom. The van der Waals surface area contributed by atoms with Crippen molar-refractivity contribution >= 4 is 17.2 Å². The fourth-order valence-corrected chi connectivity index (χ4v) is 7.59. The summed E-state index contributed by atoms with van der Waals surface area (Å²) >= 11 is 6.67. The predicted octanol–water partition coefficient (Wildman–Crippen LogP) is 10.7. The Morgan fingerprint density at radius 3 is 2.12 bits per heavy atom. The summed E-state index contributed by atoms with van der Waals surface area (Å²) in [7, 11) is 0. The van der Waals surface area contributed by atoms with Gasteiger partial charge in [-0.1, -0.05) is 88.6 Å². The summed E-state index contributed by atoms with van der Waals surface area (Å²) in [6.45, 7) is 4.57. The summed E-state index contributed by atoms with van der Waals surface area (Å²) in [5, 5.41) is 0.406. The minimum Gasteiger partial charge on any atom is -0.205 e. The normalized spacial score (nSPS) is 30.8. The van der Waals surface area contributed by atoms with E-state index >= 15 is 4.39 Å². The van der Waals surface area contributed by atoms with Crippen LogP contribution in [0, 0.1) is 29.5 Å². The standard InChI is InChI=1S/C31H46ClF/c1-3-5-7-23-8-12-24(13-9-23)25-16-18-26(19-17-25)28-20-21-29(31(33)30(28)32)27-14-10-22(6-4-2)11-15-27/h14,20-26H,3-13,15-19H2,1-2H3. The summed E-state index contributed by atoms with van der Waals surface area (Å²) < 4.78 is 15.4. The SMILES string of the molecule is CCCCC1CCC(C2CCC(c3ccc(C4=CCC(CCC)CC4)c(F)c3Cl)CC2)CC1. The Morgan fingerprint density at radius 1 is 0.818 bits per heavy atom. The van der Waals surface area contributed by atoms with Crippen LogP contribution < -0.4 is 0 Å². The molecule has 0 amide bonds. The molecule has 0 aliphatic heterocycles. The molecule has 184 valence electrons. The second-order valence-electron chi connectivity index (χ2n) is 11.5. The Hall–Kier alpha value is -0.820. The molecule has 3 aliphatic rings. The molecule has 0 bridgehead atoms. The summed E-state index contributed by atoms with van der Waals surface area (Å²) in [6.07, 6.45) is 23.0. The number of rotatable bonds is 8. The minimum absolute atomic E-state index is 0.165. The molecule has 0 spiro atoms. The highest BCUT2D eigenvalue weighted by Crippen LogP contribution is 2.46. The molecule has 0 nitrogen and oxygen atoms in total. The summed E-state index contributed by atoms with van der Waals surface area (Å²) in [5.41, 5.74) is 3.00. The molecule has 0 N–H and O–H groups in total. The number of hydrogen-bond acceptors (Lipinski definition) is 0. The van der Waals surface area contributed by atoms with E-state index in [0.717, 1.165) is 47.6 Å². The molecule has 1 aromatic carbocycles. The number of unbranched alkanes of at least 4 members (excludes halogenated alkanes) is 1. The van der Waals surface area contributed by atoms with E-state index in [2.05, 4.69) is 26.0 Å². The Kier molecular flexibility index (Phi) is 9.37. The van der Waals surface area contributed by atoms with E-state index < -0.39 is 0 Å². The van der Waals surface area contributed by atoms with Crippen molar-refractivity contribution in [1.29, 1.82) is 0 Å². The van der Waals surface area contributed by atoms with Crippen molar-refractivity contribution in [1.82, 2.24) is 0 Å². The van der Waals surface area contributed by atoms with Gasteiger partial charge in [0.2, 0.25) is 0 Å². The maximum atomic E-state index is 15.4. The first-order chi connectivity index (χ1) is 16.1. The molecular weight excluding hydrogens is 427 g/mol. The van der Waals surface area contributed by atoms with Crippen LogP contribution >= 0.6 is 11.6 Å². The predicted molar refractivity (Wildman–Crippen MR) is 141 cm³/mol. The van der Waals surface area contributed by atoms with Gasteiger partial charge in [0, 0.05) is 5.56 Å². The quantitative estimate of drug-likeness (QED) is 0.352. The molecular formula is C31H46ClF. The first-order valence-electron chi connectivity index (χ1n) is 14.3. The maximum absolute atomic E-state index is 15.4. The fraction of sp³-hybridized carbons (Fsp3) is 0.742. The van der Waals surface area contributed by atoms with Crippen LogP contribution in [0.2, 0.25) is 5.02 Å². The molecule has 4 rings (SSSR count). The lowest BCUT2D eigenvalue weighted by Crippen LogP contribution is -2.25. The van der Waals surface area contributed by atoms with Gasteiger partial charge in [0.15, 0.2) is 0 Å². The van der Waals surface area contributed by atoms with Crippen LogP contribution in [-0.4, -0.2) is 0 Å². The molecule has 1 atom stereocenters. The number of halogens is 2. The van der Waals surface area contributed by atoms with Gasteiger partial charge in [-0.2, -0.15) is 0 Å². The minimum atomic E-state index is -0.165.